The Balaban J connectivity index is 0.00000158. The number of benzene rings is 1. The molecule has 1 aromatic carbocycles. The van der Waals surface area contributed by atoms with Crippen molar-refractivity contribution in [2.75, 3.05) is 24.4 Å². The second-order valence-electron chi connectivity index (χ2n) is 6.01. The summed E-state index contributed by atoms with van der Waals surface area (Å²) in [5.41, 5.74) is 7.40. The maximum atomic E-state index is 11.5. The molecule has 1 heterocycles. The van der Waals surface area contributed by atoms with E-state index in [1.165, 1.54) is 12.1 Å². The standard InChI is InChI=1S/C15H23N5O2S.2C2H6/c1-4-17-14(21)18-8-15(2,3)9-22-11-7-5-6-10-12(11)13(16)20-23-19-10;2*1-2/h5-7,19H,4,8-9H2,1-3H3,(H2,16,20)(H2,17,18,21);2*1-2H3. The Morgan fingerprint density at radius 1 is 1.26 bits per heavy atom. The first-order valence-corrected chi connectivity index (χ1v) is 10.2. The van der Waals surface area contributed by atoms with Gasteiger partial charge in [-0.05, 0) is 19.1 Å². The number of amidine groups is 1. The second kappa shape index (κ2) is 13.1. The lowest BCUT2D eigenvalue weighted by molar-refractivity contribution is 0.175. The normalized spacial score (nSPS) is 11.9. The topological polar surface area (TPSA) is 101 Å². The van der Waals surface area contributed by atoms with E-state index in [2.05, 4.69) is 19.8 Å². The minimum absolute atomic E-state index is 0.171. The molecule has 0 radical (unpaired) electrons. The van der Waals surface area contributed by atoms with Crippen molar-refractivity contribution < 1.29 is 9.53 Å². The molecule has 0 aromatic heterocycles. The molecule has 1 aliphatic rings. The summed E-state index contributed by atoms with van der Waals surface area (Å²) in [6.45, 7) is 15.5. The average molecular weight is 398 g/mol. The Kier molecular flexibility index (Phi) is 12.1. The van der Waals surface area contributed by atoms with Gasteiger partial charge in [-0.3, -0.25) is 0 Å². The van der Waals surface area contributed by atoms with Crippen LogP contribution < -0.4 is 25.8 Å². The highest BCUT2D eigenvalue weighted by molar-refractivity contribution is 7.99. The fourth-order valence-corrected chi connectivity index (χ4v) is 2.54. The number of hydrogen-bond donors (Lipinski definition) is 4. The summed E-state index contributed by atoms with van der Waals surface area (Å²) in [4.78, 5) is 11.5. The number of urea groups is 1. The fourth-order valence-electron chi connectivity index (χ4n) is 2.03. The van der Waals surface area contributed by atoms with Gasteiger partial charge in [0.15, 0.2) is 0 Å². The van der Waals surface area contributed by atoms with E-state index in [1.54, 1.807) is 0 Å². The lowest BCUT2D eigenvalue weighted by Gasteiger charge is -2.26. The van der Waals surface area contributed by atoms with Crippen molar-refractivity contribution in [3.8, 4) is 5.75 Å². The van der Waals surface area contributed by atoms with Crippen LogP contribution in [0.15, 0.2) is 22.6 Å². The summed E-state index contributed by atoms with van der Waals surface area (Å²) >= 11 is 1.20. The molecule has 5 N–H and O–H groups in total. The molecular formula is C19H35N5O2S. The van der Waals surface area contributed by atoms with Gasteiger partial charge in [-0.2, -0.15) is 4.40 Å². The van der Waals surface area contributed by atoms with Crippen molar-refractivity contribution in [2.45, 2.75) is 48.5 Å². The van der Waals surface area contributed by atoms with Gasteiger partial charge in [0.1, 0.15) is 11.6 Å². The maximum absolute atomic E-state index is 11.5. The Labute approximate surface area is 168 Å². The van der Waals surface area contributed by atoms with Crippen molar-refractivity contribution in [2.24, 2.45) is 15.5 Å². The van der Waals surface area contributed by atoms with Crippen LogP contribution in [0, 0.1) is 5.41 Å². The molecule has 0 aliphatic carbocycles. The molecule has 0 spiro atoms. The minimum atomic E-state index is -0.226. The van der Waals surface area contributed by atoms with Crippen LogP contribution in [-0.2, 0) is 0 Å². The van der Waals surface area contributed by atoms with E-state index in [0.717, 1.165) is 11.3 Å². The van der Waals surface area contributed by atoms with Gasteiger partial charge in [0.2, 0.25) is 0 Å². The van der Waals surface area contributed by atoms with Gasteiger partial charge in [-0.1, -0.05) is 47.6 Å². The number of carbonyl (C=O) groups excluding carboxylic acids is 1. The molecule has 0 saturated heterocycles. The number of rotatable bonds is 6. The van der Waals surface area contributed by atoms with Crippen LogP contribution >= 0.6 is 12.1 Å². The van der Waals surface area contributed by atoms with Crippen molar-refractivity contribution in [3.63, 3.8) is 0 Å². The quantitative estimate of drug-likeness (QED) is 0.540. The summed E-state index contributed by atoms with van der Waals surface area (Å²) in [6, 6.07) is 5.53. The van der Waals surface area contributed by atoms with Crippen LogP contribution in [0.4, 0.5) is 10.5 Å². The minimum Gasteiger partial charge on any atom is -0.492 e. The number of nitrogens with two attached hydrogens (primary N) is 1. The largest absolute Gasteiger partial charge is 0.492 e. The number of fused-ring (bicyclic) bond motifs is 1. The highest BCUT2D eigenvalue weighted by Crippen LogP contribution is 2.32. The van der Waals surface area contributed by atoms with E-state index in [0.29, 0.717) is 31.3 Å². The Morgan fingerprint density at radius 2 is 1.93 bits per heavy atom. The van der Waals surface area contributed by atoms with E-state index < -0.39 is 0 Å². The van der Waals surface area contributed by atoms with Gasteiger partial charge in [-0.15, -0.1) is 0 Å². The zero-order valence-corrected chi connectivity index (χ0v) is 18.4. The lowest BCUT2D eigenvalue weighted by Crippen LogP contribution is -2.42. The molecule has 7 nitrogen and oxygen atoms in total. The van der Waals surface area contributed by atoms with Crippen molar-refractivity contribution >= 4 is 29.7 Å². The first-order chi connectivity index (χ1) is 12.9. The average Bonchev–Trinajstić information content (AvgIpc) is 2.68. The van der Waals surface area contributed by atoms with E-state index in [9.17, 15) is 4.79 Å². The summed E-state index contributed by atoms with van der Waals surface area (Å²) in [7, 11) is 0. The molecule has 1 aromatic rings. The van der Waals surface area contributed by atoms with E-state index in [4.69, 9.17) is 10.5 Å². The van der Waals surface area contributed by atoms with Crippen LogP contribution in [0.5, 0.6) is 5.75 Å². The smallest absolute Gasteiger partial charge is 0.314 e. The lowest BCUT2D eigenvalue weighted by atomic mass is 9.95. The van der Waals surface area contributed by atoms with Crippen LogP contribution in [0.2, 0.25) is 0 Å². The molecule has 2 rings (SSSR count). The van der Waals surface area contributed by atoms with Gasteiger partial charge < -0.3 is 25.8 Å². The Morgan fingerprint density at radius 3 is 2.56 bits per heavy atom. The molecule has 0 atom stereocenters. The summed E-state index contributed by atoms with van der Waals surface area (Å²) in [6.07, 6.45) is 0. The van der Waals surface area contributed by atoms with Crippen molar-refractivity contribution in [1.29, 1.82) is 0 Å². The Bertz CT molecular complexity index is 606. The summed E-state index contributed by atoms with van der Waals surface area (Å²) < 4.78 is 13.1. The number of amides is 2. The van der Waals surface area contributed by atoms with E-state index in [-0.39, 0.29) is 11.4 Å². The molecule has 27 heavy (non-hydrogen) atoms. The third kappa shape index (κ3) is 8.43. The zero-order chi connectivity index (χ0) is 20.9. The number of nitrogens with zero attached hydrogens (tertiary/aromatic N) is 1. The highest BCUT2D eigenvalue weighted by Gasteiger charge is 2.23. The zero-order valence-electron chi connectivity index (χ0n) is 17.6. The molecule has 0 bridgehead atoms. The van der Waals surface area contributed by atoms with Crippen molar-refractivity contribution in [3.05, 3.63) is 23.8 Å². The Hall–Kier alpha value is -2.09. The fraction of sp³-hybridized carbons (Fsp3) is 0.579. The van der Waals surface area contributed by atoms with Crippen LogP contribution in [0.3, 0.4) is 0 Å². The van der Waals surface area contributed by atoms with Gasteiger partial charge in [0.25, 0.3) is 0 Å². The van der Waals surface area contributed by atoms with E-state index >= 15 is 0 Å². The summed E-state index contributed by atoms with van der Waals surface area (Å²) in [5.74, 6) is 1.13. The SMILES string of the molecule is CC.CC.CCNC(=O)NCC(C)(C)COc1cccc2c1C(N)=NSN2. The van der Waals surface area contributed by atoms with Gasteiger partial charge in [0.05, 0.1) is 30.0 Å². The van der Waals surface area contributed by atoms with Crippen LogP contribution in [0.25, 0.3) is 0 Å². The molecular weight excluding hydrogens is 362 g/mol. The van der Waals surface area contributed by atoms with E-state index in [1.807, 2.05) is 66.7 Å². The predicted octanol–water partition coefficient (Wildman–Crippen LogP) is 4.16. The first kappa shape index (κ1) is 24.9. The molecule has 1 aliphatic heterocycles. The number of hydrogen-bond acceptors (Lipinski definition) is 6. The molecule has 2 amide bonds. The summed E-state index contributed by atoms with van der Waals surface area (Å²) in [5, 5.41) is 5.54. The number of nitrogens with one attached hydrogen (secondary N) is 3. The molecule has 8 heteroatoms. The third-order valence-electron chi connectivity index (χ3n) is 3.27. The van der Waals surface area contributed by atoms with Gasteiger partial charge >= 0.3 is 6.03 Å². The molecule has 0 saturated carbocycles. The third-order valence-corrected chi connectivity index (χ3v) is 3.86. The molecule has 0 unspecified atom stereocenters. The van der Waals surface area contributed by atoms with Gasteiger partial charge in [-0.25, -0.2) is 4.79 Å². The molecule has 154 valence electrons. The van der Waals surface area contributed by atoms with Crippen LogP contribution in [0.1, 0.15) is 54.0 Å². The van der Waals surface area contributed by atoms with Crippen LogP contribution in [-0.4, -0.2) is 31.6 Å². The first-order valence-electron chi connectivity index (χ1n) is 9.46. The number of anilines is 1. The number of carbonyl (C=O) groups is 1. The van der Waals surface area contributed by atoms with Crippen molar-refractivity contribution in [1.82, 2.24) is 10.6 Å². The predicted molar refractivity (Wildman–Crippen MR) is 117 cm³/mol. The monoisotopic (exact) mass is 397 g/mol. The maximum Gasteiger partial charge on any atom is 0.314 e. The highest BCUT2D eigenvalue weighted by atomic mass is 32.2. The van der Waals surface area contributed by atoms with Gasteiger partial charge in [0, 0.05) is 18.5 Å². The second-order valence-corrected chi connectivity index (χ2v) is 6.58. The molecule has 0 fully saturated rings. The number of ether oxygens (including phenoxy) is 1.